The number of thioether (sulfide) groups is 1. The highest BCUT2D eigenvalue weighted by atomic mass is 32.2. The summed E-state index contributed by atoms with van der Waals surface area (Å²) < 4.78 is 1.27. The predicted molar refractivity (Wildman–Crippen MR) is 129 cm³/mol. The van der Waals surface area contributed by atoms with Crippen LogP contribution in [0.3, 0.4) is 0 Å². The minimum atomic E-state index is -0.711. The fraction of sp³-hybridized carbons (Fsp3) is 0.478. The minimum absolute atomic E-state index is 0.0250. The second-order valence-corrected chi connectivity index (χ2v) is 10.7. The second kappa shape index (κ2) is 8.74. The Balaban J connectivity index is 1.77. The van der Waals surface area contributed by atoms with Gasteiger partial charge in [-0.1, -0.05) is 44.2 Å². The number of carbonyl (C=O) groups excluding carboxylic acids is 2. The number of aromatic nitrogens is 2. The van der Waals surface area contributed by atoms with Crippen molar-refractivity contribution in [2.45, 2.75) is 51.1 Å². The summed E-state index contributed by atoms with van der Waals surface area (Å²) in [6.45, 7) is 6.22. The molecule has 1 aromatic carbocycles. The summed E-state index contributed by atoms with van der Waals surface area (Å²) in [5.74, 6) is 0.00947. The first kappa shape index (κ1) is 23.2. The number of aromatic amines is 1. The molecule has 0 saturated carbocycles. The molecule has 0 aliphatic carbocycles. The maximum atomic E-state index is 13.8. The van der Waals surface area contributed by atoms with Crippen LogP contribution >= 0.6 is 11.8 Å². The van der Waals surface area contributed by atoms with Gasteiger partial charge in [0, 0.05) is 18.7 Å². The SMILES string of the molecule is CC(C)CN(C(=O)[C@H]1CS[C@]2(C)CCC(=O)N12)c1c(N)n(Cc2ccccc2)c(=O)[nH]c1=O. The summed E-state index contributed by atoms with van der Waals surface area (Å²) in [6.07, 6.45) is 1.09. The summed E-state index contributed by atoms with van der Waals surface area (Å²) in [7, 11) is 0. The topological polar surface area (TPSA) is 121 Å². The molecule has 1 aromatic heterocycles. The van der Waals surface area contributed by atoms with Crippen molar-refractivity contribution in [1.29, 1.82) is 0 Å². The number of nitrogens with one attached hydrogen (secondary N) is 1. The lowest BCUT2D eigenvalue weighted by atomic mass is 10.1. The molecule has 2 atom stereocenters. The van der Waals surface area contributed by atoms with Crippen molar-refractivity contribution in [3.63, 3.8) is 0 Å². The molecule has 2 amide bonds. The van der Waals surface area contributed by atoms with Crippen LogP contribution in [0.25, 0.3) is 0 Å². The van der Waals surface area contributed by atoms with Gasteiger partial charge in [0.1, 0.15) is 11.9 Å². The molecular formula is C23H29N5O4S. The third-order valence-electron chi connectivity index (χ3n) is 6.21. The number of hydrogen-bond donors (Lipinski definition) is 2. The Bertz CT molecular complexity index is 1190. The van der Waals surface area contributed by atoms with Crippen molar-refractivity contribution in [3.8, 4) is 0 Å². The van der Waals surface area contributed by atoms with E-state index in [4.69, 9.17) is 5.73 Å². The fourth-order valence-electron chi connectivity index (χ4n) is 4.60. The van der Waals surface area contributed by atoms with Crippen molar-refractivity contribution in [3.05, 3.63) is 56.7 Å². The van der Waals surface area contributed by atoms with Gasteiger partial charge in [0.05, 0.1) is 11.4 Å². The third-order valence-corrected chi connectivity index (χ3v) is 7.72. The Morgan fingerprint density at radius 1 is 1.27 bits per heavy atom. The molecule has 2 aliphatic rings. The van der Waals surface area contributed by atoms with Crippen LogP contribution in [0.5, 0.6) is 0 Å². The zero-order chi connectivity index (χ0) is 23.9. The lowest BCUT2D eigenvalue weighted by Crippen LogP contribution is -2.53. The molecule has 2 aromatic rings. The summed E-state index contributed by atoms with van der Waals surface area (Å²) in [6, 6.07) is 8.58. The maximum absolute atomic E-state index is 13.8. The Morgan fingerprint density at radius 3 is 2.64 bits per heavy atom. The molecule has 0 spiro atoms. The summed E-state index contributed by atoms with van der Waals surface area (Å²) in [5, 5.41) is 0. The first-order valence-electron chi connectivity index (χ1n) is 11.1. The highest BCUT2D eigenvalue weighted by Crippen LogP contribution is 2.47. The molecule has 0 bridgehead atoms. The molecule has 33 heavy (non-hydrogen) atoms. The molecule has 2 fully saturated rings. The van der Waals surface area contributed by atoms with Gasteiger partial charge in [0.15, 0.2) is 5.69 Å². The van der Waals surface area contributed by atoms with Gasteiger partial charge in [-0.25, -0.2) is 4.79 Å². The number of carbonyl (C=O) groups is 2. The van der Waals surface area contributed by atoms with Crippen LogP contribution in [-0.4, -0.2) is 49.5 Å². The number of rotatable bonds is 6. The molecule has 0 radical (unpaired) electrons. The molecule has 4 rings (SSSR count). The maximum Gasteiger partial charge on any atom is 0.330 e. The quantitative estimate of drug-likeness (QED) is 0.660. The van der Waals surface area contributed by atoms with Gasteiger partial charge in [0.2, 0.25) is 5.91 Å². The zero-order valence-electron chi connectivity index (χ0n) is 19.0. The van der Waals surface area contributed by atoms with Gasteiger partial charge in [-0.2, -0.15) is 0 Å². The Kier molecular flexibility index (Phi) is 6.13. The van der Waals surface area contributed by atoms with Crippen molar-refractivity contribution < 1.29 is 9.59 Å². The number of benzene rings is 1. The van der Waals surface area contributed by atoms with E-state index < -0.39 is 22.2 Å². The normalized spacial score (nSPS) is 22.1. The zero-order valence-corrected chi connectivity index (χ0v) is 19.9. The van der Waals surface area contributed by atoms with Crippen LogP contribution in [0.1, 0.15) is 39.2 Å². The van der Waals surface area contributed by atoms with E-state index in [1.54, 1.807) is 16.7 Å². The molecule has 9 nitrogen and oxygen atoms in total. The van der Waals surface area contributed by atoms with Gasteiger partial charge >= 0.3 is 5.69 Å². The van der Waals surface area contributed by atoms with E-state index in [9.17, 15) is 19.2 Å². The predicted octanol–water partition coefficient (Wildman–Crippen LogP) is 1.61. The van der Waals surface area contributed by atoms with Gasteiger partial charge in [-0.05, 0) is 24.8 Å². The lowest BCUT2D eigenvalue weighted by molar-refractivity contribution is -0.136. The van der Waals surface area contributed by atoms with Gasteiger partial charge in [0.25, 0.3) is 11.5 Å². The summed E-state index contributed by atoms with van der Waals surface area (Å²) in [4.78, 5) is 56.9. The van der Waals surface area contributed by atoms with Crippen LogP contribution in [0.2, 0.25) is 0 Å². The van der Waals surface area contributed by atoms with Crippen LogP contribution < -0.4 is 21.9 Å². The molecule has 2 aliphatic heterocycles. The van der Waals surface area contributed by atoms with Crippen LogP contribution in [0, 0.1) is 5.92 Å². The average Bonchev–Trinajstić information content (AvgIpc) is 3.26. The number of hydrogen-bond acceptors (Lipinski definition) is 6. The second-order valence-electron chi connectivity index (χ2n) is 9.17. The summed E-state index contributed by atoms with van der Waals surface area (Å²) >= 11 is 1.59. The molecular weight excluding hydrogens is 442 g/mol. The summed E-state index contributed by atoms with van der Waals surface area (Å²) in [5.41, 5.74) is 5.80. The Morgan fingerprint density at radius 2 is 1.97 bits per heavy atom. The van der Waals surface area contributed by atoms with Gasteiger partial charge in [-0.3, -0.25) is 23.9 Å². The van der Waals surface area contributed by atoms with Crippen molar-refractivity contribution in [2.24, 2.45) is 5.92 Å². The highest BCUT2D eigenvalue weighted by Gasteiger charge is 2.54. The highest BCUT2D eigenvalue weighted by molar-refractivity contribution is 8.01. The van der Waals surface area contributed by atoms with E-state index in [2.05, 4.69) is 4.98 Å². The number of nitrogens with two attached hydrogens (primary N) is 1. The van der Waals surface area contributed by atoms with Crippen molar-refractivity contribution in [1.82, 2.24) is 14.5 Å². The number of amides is 2. The molecule has 3 heterocycles. The number of H-pyrrole nitrogens is 1. The first-order chi connectivity index (χ1) is 15.6. The van der Waals surface area contributed by atoms with Crippen LogP contribution in [0.15, 0.2) is 39.9 Å². The fourth-order valence-corrected chi connectivity index (χ4v) is 6.02. The third kappa shape index (κ3) is 4.19. The van der Waals surface area contributed by atoms with E-state index in [1.165, 1.54) is 9.47 Å². The standard InChI is InChI=1S/C23H29N5O4S/c1-14(2)11-26(21(31)16-13-33-23(3)10-9-17(29)28(16)23)18-19(24)27(22(32)25-20(18)30)12-15-7-5-4-6-8-15/h4-8,14,16H,9-13,24H2,1-3H3,(H,25,30,32)/t16-,23-/m1/s1. The molecule has 2 saturated heterocycles. The van der Waals surface area contributed by atoms with E-state index in [-0.39, 0.29) is 42.3 Å². The van der Waals surface area contributed by atoms with Gasteiger partial charge < -0.3 is 15.5 Å². The van der Waals surface area contributed by atoms with E-state index in [1.807, 2.05) is 51.1 Å². The molecule has 0 unspecified atom stereocenters. The largest absolute Gasteiger partial charge is 0.383 e. The number of fused-ring (bicyclic) bond motifs is 1. The van der Waals surface area contributed by atoms with Crippen molar-refractivity contribution in [2.75, 3.05) is 22.9 Å². The van der Waals surface area contributed by atoms with Crippen LogP contribution in [-0.2, 0) is 16.1 Å². The van der Waals surface area contributed by atoms with E-state index in [0.29, 0.717) is 18.6 Å². The smallest absolute Gasteiger partial charge is 0.330 e. The minimum Gasteiger partial charge on any atom is -0.383 e. The average molecular weight is 472 g/mol. The monoisotopic (exact) mass is 471 g/mol. The number of anilines is 2. The van der Waals surface area contributed by atoms with Gasteiger partial charge in [-0.15, -0.1) is 11.8 Å². The number of nitrogens with zero attached hydrogens (tertiary/aromatic N) is 3. The lowest BCUT2D eigenvalue weighted by Gasteiger charge is -2.34. The number of nitrogen functional groups attached to an aromatic ring is 1. The molecule has 10 heteroatoms. The molecule has 3 N–H and O–H groups in total. The van der Waals surface area contributed by atoms with E-state index in [0.717, 1.165) is 5.56 Å². The Labute approximate surface area is 195 Å². The first-order valence-corrected chi connectivity index (χ1v) is 12.0. The molecule has 176 valence electrons. The van der Waals surface area contributed by atoms with E-state index >= 15 is 0 Å². The Hall–Kier alpha value is -3.01. The van der Waals surface area contributed by atoms with Crippen molar-refractivity contribution >= 4 is 35.1 Å². The van der Waals surface area contributed by atoms with Crippen LogP contribution in [0.4, 0.5) is 11.5 Å².